The second kappa shape index (κ2) is 8.46. The molecule has 4 nitrogen and oxygen atoms in total. The van der Waals surface area contributed by atoms with Gasteiger partial charge in [0, 0.05) is 51.0 Å². The van der Waals surface area contributed by atoms with Gasteiger partial charge in [-0.15, -0.1) is 12.4 Å². The summed E-state index contributed by atoms with van der Waals surface area (Å²) in [4.78, 5) is 13.0. The lowest BCUT2D eigenvalue weighted by Crippen LogP contribution is -1.87. The van der Waals surface area contributed by atoms with Gasteiger partial charge in [-0.1, -0.05) is 12.1 Å². The number of H-pyrrole nitrogens is 1. The molecule has 2 heterocycles. The topological polar surface area (TPSA) is 58.6 Å². The van der Waals surface area contributed by atoms with Crippen LogP contribution in [0.3, 0.4) is 0 Å². The average Bonchev–Trinajstić information content (AvgIpc) is 3.15. The third-order valence-electron chi connectivity index (χ3n) is 4.25. The second-order valence-electron chi connectivity index (χ2n) is 6.03. The lowest BCUT2D eigenvalue weighted by molar-refractivity contribution is 0.628. The molecule has 7 heteroatoms. The Kier molecular flexibility index (Phi) is 6.02. The Morgan fingerprint density at radius 1 is 0.857 bits per heavy atom. The summed E-state index contributed by atoms with van der Waals surface area (Å²) < 4.78 is 24.9. The van der Waals surface area contributed by atoms with E-state index >= 15 is 0 Å². The average molecular weight is 414 g/mol. The first-order valence-corrected chi connectivity index (χ1v) is 9.88. The molecular weight excluding hydrogens is 397 g/mol. The number of hydrogen-bond acceptors (Lipinski definition) is 3. The zero-order valence-electron chi connectivity index (χ0n) is 14.9. The van der Waals surface area contributed by atoms with Gasteiger partial charge in [-0.2, -0.15) is 0 Å². The summed E-state index contributed by atoms with van der Waals surface area (Å²) in [6, 6.07) is 17.5. The van der Waals surface area contributed by atoms with E-state index in [2.05, 4.69) is 9.97 Å². The molecule has 2 aromatic heterocycles. The first-order valence-electron chi connectivity index (χ1n) is 8.32. The van der Waals surface area contributed by atoms with Crippen LogP contribution in [0.4, 0.5) is 4.39 Å². The molecular formula is C21H17ClFN3OS. The quantitative estimate of drug-likeness (QED) is 0.506. The van der Waals surface area contributed by atoms with Crippen LogP contribution >= 0.6 is 12.4 Å². The Bertz CT molecular complexity index is 1100. The minimum absolute atomic E-state index is 0. The Morgan fingerprint density at radius 3 is 2.07 bits per heavy atom. The van der Waals surface area contributed by atoms with Gasteiger partial charge in [0.1, 0.15) is 11.6 Å². The van der Waals surface area contributed by atoms with E-state index in [0.717, 1.165) is 33.0 Å². The largest absolute Gasteiger partial charge is 0.337 e. The summed E-state index contributed by atoms with van der Waals surface area (Å²) in [6.07, 6.45) is 5.08. The minimum Gasteiger partial charge on any atom is -0.337 e. The number of rotatable bonds is 4. The van der Waals surface area contributed by atoms with E-state index in [4.69, 9.17) is 4.98 Å². The standard InChI is InChI=1S/C21H16FN3OS.ClH/c1-27(26)18-8-4-16(5-9-18)21-24-19(14-2-6-17(22)7-3-14)20(25-21)15-10-12-23-13-11-15;/h2-13H,1H3,(H,24,25);1H. The highest BCUT2D eigenvalue weighted by atomic mass is 35.5. The van der Waals surface area contributed by atoms with Gasteiger partial charge >= 0.3 is 0 Å². The van der Waals surface area contributed by atoms with Crippen molar-refractivity contribution in [3.8, 4) is 33.9 Å². The molecule has 1 N–H and O–H groups in total. The molecule has 4 aromatic rings. The van der Waals surface area contributed by atoms with Crippen molar-refractivity contribution in [2.24, 2.45) is 0 Å². The molecule has 0 aliphatic rings. The maximum Gasteiger partial charge on any atom is 0.138 e. The van der Waals surface area contributed by atoms with Crippen LogP contribution in [0.5, 0.6) is 0 Å². The van der Waals surface area contributed by atoms with Crippen molar-refractivity contribution in [1.29, 1.82) is 0 Å². The lowest BCUT2D eigenvalue weighted by Gasteiger charge is -2.02. The van der Waals surface area contributed by atoms with E-state index in [1.807, 2.05) is 36.4 Å². The maximum atomic E-state index is 13.3. The molecule has 2 aromatic carbocycles. The van der Waals surface area contributed by atoms with Gasteiger partial charge in [0.15, 0.2) is 0 Å². The molecule has 0 aliphatic carbocycles. The van der Waals surface area contributed by atoms with Gasteiger partial charge < -0.3 is 4.98 Å². The molecule has 0 fully saturated rings. The zero-order chi connectivity index (χ0) is 18.8. The number of halogens is 2. The molecule has 0 saturated heterocycles. The maximum absolute atomic E-state index is 13.3. The Hall–Kier alpha value is -2.83. The molecule has 1 atom stereocenters. The highest BCUT2D eigenvalue weighted by Crippen LogP contribution is 2.33. The third-order valence-corrected chi connectivity index (χ3v) is 5.19. The van der Waals surface area contributed by atoms with Crippen LogP contribution < -0.4 is 0 Å². The fourth-order valence-electron chi connectivity index (χ4n) is 2.86. The molecule has 4 rings (SSSR count). The summed E-state index contributed by atoms with van der Waals surface area (Å²) in [7, 11) is -1.03. The van der Waals surface area contributed by atoms with Crippen LogP contribution in [0.25, 0.3) is 33.9 Å². The van der Waals surface area contributed by atoms with Crippen molar-refractivity contribution in [1.82, 2.24) is 15.0 Å². The van der Waals surface area contributed by atoms with Crippen molar-refractivity contribution < 1.29 is 8.60 Å². The number of aromatic amines is 1. The second-order valence-corrected chi connectivity index (χ2v) is 7.41. The summed E-state index contributed by atoms with van der Waals surface area (Å²) in [5, 5.41) is 0. The van der Waals surface area contributed by atoms with E-state index in [9.17, 15) is 8.60 Å². The predicted octanol–water partition coefficient (Wildman–Crippen LogP) is 5.10. The predicted molar refractivity (Wildman–Crippen MR) is 112 cm³/mol. The van der Waals surface area contributed by atoms with Crippen molar-refractivity contribution in [2.45, 2.75) is 4.90 Å². The summed E-state index contributed by atoms with van der Waals surface area (Å²) in [5.74, 6) is 0.401. The Balaban J connectivity index is 0.00000225. The van der Waals surface area contributed by atoms with E-state index in [1.165, 1.54) is 12.1 Å². The van der Waals surface area contributed by atoms with Gasteiger partial charge in [-0.05, 0) is 48.5 Å². The van der Waals surface area contributed by atoms with Gasteiger partial charge in [-0.3, -0.25) is 9.19 Å². The lowest BCUT2D eigenvalue weighted by atomic mass is 10.1. The number of hydrogen-bond donors (Lipinski definition) is 1. The van der Waals surface area contributed by atoms with Crippen molar-refractivity contribution in [2.75, 3.05) is 6.26 Å². The van der Waals surface area contributed by atoms with Crippen LogP contribution in [0.1, 0.15) is 0 Å². The molecule has 28 heavy (non-hydrogen) atoms. The molecule has 0 saturated carbocycles. The Labute approximate surface area is 170 Å². The molecule has 0 radical (unpaired) electrons. The van der Waals surface area contributed by atoms with Crippen LogP contribution in [0, 0.1) is 5.82 Å². The minimum atomic E-state index is -1.03. The van der Waals surface area contributed by atoms with Gasteiger partial charge in [0.05, 0.1) is 11.4 Å². The van der Waals surface area contributed by atoms with Crippen molar-refractivity contribution in [3.05, 3.63) is 78.9 Å². The zero-order valence-corrected chi connectivity index (χ0v) is 16.6. The third kappa shape index (κ3) is 4.03. The fraction of sp³-hybridized carbons (Fsp3) is 0.0476. The van der Waals surface area contributed by atoms with Crippen LogP contribution in [-0.4, -0.2) is 25.4 Å². The number of pyridine rings is 1. The normalized spacial score (nSPS) is 11.6. The molecule has 142 valence electrons. The smallest absolute Gasteiger partial charge is 0.138 e. The molecule has 0 amide bonds. The fourth-order valence-corrected chi connectivity index (χ4v) is 3.38. The molecule has 0 aliphatic heterocycles. The first kappa shape index (κ1) is 19.9. The SMILES string of the molecule is CS(=O)c1ccc(-c2nc(-c3ccc(F)cc3)c(-c3ccncc3)[nH]2)cc1.Cl. The van der Waals surface area contributed by atoms with Gasteiger partial charge in [0.25, 0.3) is 0 Å². The van der Waals surface area contributed by atoms with E-state index < -0.39 is 10.8 Å². The van der Waals surface area contributed by atoms with E-state index in [-0.39, 0.29) is 18.2 Å². The monoisotopic (exact) mass is 413 g/mol. The molecule has 0 bridgehead atoms. The van der Waals surface area contributed by atoms with E-state index in [0.29, 0.717) is 5.82 Å². The van der Waals surface area contributed by atoms with Gasteiger partial charge in [-0.25, -0.2) is 9.37 Å². The van der Waals surface area contributed by atoms with Gasteiger partial charge in [0.2, 0.25) is 0 Å². The van der Waals surface area contributed by atoms with Crippen LogP contribution in [0.2, 0.25) is 0 Å². The summed E-state index contributed by atoms with van der Waals surface area (Å²) >= 11 is 0. The molecule has 1 unspecified atom stereocenters. The highest BCUT2D eigenvalue weighted by molar-refractivity contribution is 7.84. The number of nitrogens with zero attached hydrogens (tertiary/aromatic N) is 2. The van der Waals surface area contributed by atoms with Crippen molar-refractivity contribution >= 4 is 23.2 Å². The van der Waals surface area contributed by atoms with Crippen LogP contribution in [0.15, 0.2) is 78.0 Å². The molecule has 0 spiro atoms. The van der Waals surface area contributed by atoms with Crippen LogP contribution in [-0.2, 0) is 10.8 Å². The van der Waals surface area contributed by atoms with E-state index in [1.54, 1.807) is 30.8 Å². The summed E-state index contributed by atoms with van der Waals surface area (Å²) in [6.45, 7) is 0. The number of aromatic nitrogens is 3. The highest BCUT2D eigenvalue weighted by Gasteiger charge is 2.15. The first-order chi connectivity index (χ1) is 13.1. The number of benzene rings is 2. The number of nitrogens with one attached hydrogen (secondary N) is 1. The van der Waals surface area contributed by atoms with Crippen molar-refractivity contribution in [3.63, 3.8) is 0 Å². The summed E-state index contributed by atoms with van der Waals surface area (Å²) in [5.41, 5.74) is 4.21. The Morgan fingerprint density at radius 2 is 1.46 bits per heavy atom. The number of imidazole rings is 1.